The van der Waals surface area contributed by atoms with E-state index in [1.807, 2.05) is 19.1 Å². The molecule has 5 heteroatoms. The quantitative estimate of drug-likeness (QED) is 0.840. The van der Waals surface area contributed by atoms with Crippen LogP contribution in [0.15, 0.2) is 18.2 Å². The molecule has 92 valence electrons. The number of hydrogen-bond donors (Lipinski definition) is 2. The maximum Gasteiger partial charge on any atom is 0.255 e. The average molecular weight is 243 g/mol. The van der Waals surface area contributed by atoms with E-state index in [9.17, 15) is 9.90 Å². The van der Waals surface area contributed by atoms with E-state index in [-0.39, 0.29) is 23.8 Å². The molecular weight excluding hydrogens is 230 g/mol. The second-order valence-corrected chi connectivity index (χ2v) is 3.78. The number of nitriles is 2. The van der Waals surface area contributed by atoms with Crippen molar-refractivity contribution in [3.63, 3.8) is 0 Å². The van der Waals surface area contributed by atoms with Crippen molar-refractivity contribution < 1.29 is 9.90 Å². The van der Waals surface area contributed by atoms with Gasteiger partial charge in [-0.3, -0.25) is 4.79 Å². The summed E-state index contributed by atoms with van der Waals surface area (Å²) < 4.78 is 0. The molecule has 0 aromatic heterocycles. The number of phenolic OH excluding ortho intramolecular Hbond substituents is 1. The summed E-state index contributed by atoms with van der Waals surface area (Å²) >= 11 is 0. The van der Waals surface area contributed by atoms with Crippen molar-refractivity contribution in [3.8, 4) is 17.9 Å². The number of nitrogens with one attached hydrogen (secondary N) is 1. The van der Waals surface area contributed by atoms with Crippen LogP contribution in [0.2, 0.25) is 0 Å². The first kappa shape index (κ1) is 13.5. The van der Waals surface area contributed by atoms with E-state index >= 15 is 0 Å². The highest BCUT2D eigenvalue weighted by Gasteiger charge is 2.15. The van der Waals surface area contributed by atoms with Crippen LogP contribution in [-0.2, 0) is 0 Å². The minimum atomic E-state index is -0.480. The molecule has 0 saturated heterocycles. The van der Waals surface area contributed by atoms with E-state index < -0.39 is 5.91 Å². The van der Waals surface area contributed by atoms with Crippen molar-refractivity contribution in [2.45, 2.75) is 25.8 Å². The zero-order valence-electron chi connectivity index (χ0n) is 9.97. The van der Waals surface area contributed by atoms with Crippen LogP contribution in [0.1, 0.15) is 35.7 Å². The lowest BCUT2D eigenvalue weighted by atomic mass is 10.1. The molecule has 0 radical (unpaired) electrons. The number of carbonyl (C=O) groups is 1. The zero-order valence-corrected chi connectivity index (χ0v) is 9.97. The number of rotatable bonds is 4. The first-order chi connectivity index (χ1) is 8.62. The number of phenols is 1. The molecule has 0 fully saturated rings. The first-order valence-corrected chi connectivity index (χ1v) is 5.53. The van der Waals surface area contributed by atoms with Crippen molar-refractivity contribution in [1.29, 1.82) is 10.5 Å². The van der Waals surface area contributed by atoms with Crippen LogP contribution in [0.4, 0.5) is 0 Å². The van der Waals surface area contributed by atoms with Gasteiger partial charge in [0.05, 0.1) is 29.7 Å². The lowest BCUT2D eigenvalue weighted by Crippen LogP contribution is -2.34. The molecule has 1 rings (SSSR count). The number of nitrogens with zero attached hydrogens (tertiary/aromatic N) is 2. The second kappa shape index (κ2) is 6.27. The second-order valence-electron chi connectivity index (χ2n) is 3.78. The van der Waals surface area contributed by atoms with Crippen molar-refractivity contribution in [2.75, 3.05) is 0 Å². The molecule has 5 nitrogen and oxygen atoms in total. The van der Waals surface area contributed by atoms with Gasteiger partial charge in [-0.25, -0.2) is 0 Å². The molecule has 0 unspecified atom stereocenters. The van der Waals surface area contributed by atoms with Crippen LogP contribution >= 0.6 is 0 Å². The molecule has 0 aliphatic rings. The Hall–Kier alpha value is -2.53. The number of hydrogen-bond acceptors (Lipinski definition) is 4. The summed E-state index contributed by atoms with van der Waals surface area (Å²) in [7, 11) is 0. The molecule has 0 saturated carbocycles. The molecule has 1 amide bonds. The van der Waals surface area contributed by atoms with Crippen molar-refractivity contribution in [1.82, 2.24) is 5.32 Å². The number of carbonyl (C=O) groups excluding carboxylic acids is 1. The summed E-state index contributed by atoms with van der Waals surface area (Å²) in [6.45, 7) is 1.86. The van der Waals surface area contributed by atoms with Crippen LogP contribution in [0, 0.1) is 22.7 Å². The fourth-order valence-corrected chi connectivity index (χ4v) is 1.46. The van der Waals surface area contributed by atoms with E-state index in [1.54, 1.807) is 0 Å². The smallest absolute Gasteiger partial charge is 0.255 e. The Labute approximate surface area is 105 Å². The van der Waals surface area contributed by atoms with Gasteiger partial charge in [0.2, 0.25) is 0 Å². The molecule has 0 bridgehead atoms. The highest BCUT2D eigenvalue weighted by molar-refractivity contribution is 5.97. The van der Waals surface area contributed by atoms with Gasteiger partial charge in [0.25, 0.3) is 5.91 Å². The SMILES string of the molecule is CC[C@@H](CC#N)NC(=O)c1cc(C#N)ccc1O. The summed E-state index contributed by atoms with van der Waals surface area (Å²) in [6, 6.07) is 7.68. The third kappa shape index (κ3) is 3.23. The molecule has 0 aliphatic heterocycles. The summed E-state index contributed by atoms with van der Waals surface area (Å²) in [6.07, 6.45) is 0.832. The van der Waals surface area contributed by atoms with E-state index in [4.69, 9.17) is 10.5 Å². The van der Waals surface area contributed by atoms with Crippen LogP contribution < -0.4 is 5.32 Å². The Kier molecular flexibility index (Phi) is 4.71. The lowest BCUT2D eigenvalue weighted by molar-refractivity contribution is 0.0934. The van der Waals surface area contributed by atoms with E-state index in [2.05, 4.69) is 5.32 Å². The average Bonchev–Trinajstić information content (AvgIpc) is 2.38. The van der Waals surface area contributed by atoms with Gasteiger partial charge in [-0.2, -0.15) is 10.5 Å². The van der Waals surface area contributed by atoms with Crippen LogP contribution in [0.3, 0.4) is 0 Å². The minimum Gasteiger partial charge on any atom is -0.507 e. The summed E-state index contributed by atoms with van der Waals surface area (Å²) in [5.41, 5.74) is 0.344. The Morgan fingerprint density at radius 1 is 1.50 bits per heavy atom. The normalized spacial score (nSPS) is 11.1. The Bertz CT molecular complexity index is 526. The molecule has 2 N–H and O–H groups in total. The van der Waals surface area contributed by atoms with Gasteiger partial charge in [0.15, 0.2) is 0 Å². The topological polar surface area (TPSA) is 96.9 Å². The third-order valence-electron chi connectivity index (χ3n) is 2.54. The largest absolute Gasteiger partial charge is 0.507 e. The molecule has 1 aromatic carbocycles. The molecular formula is C13H13N3O2. The molecule has 0 spiro atoms. The first-order valence-electron chi connectivity index (χ1n) is 5.53. The van der Waals surface area contributed by atoms with Crippen LogP contribution in [-0.4, -0.2) is 17.1 Å². The highest BCUT2D eigenvalue weighted by atomic mass is 16.3. The monoisotopic (exact) mass is 243 g/mol. The number of benzene rings is 1. The molecule has 18 heavy (non-hydrogen) atoms. The van der Waals surface area contributed by atoms with Gasteiger partial charge in [-0.1, -0.05) is 6.92 Å². The fraction of sp³-hybridized carbons (Fsp3) is 0.308. The van der Waals surface area contributed by atoms with Gasteiger partial charge in [0, 0.05) is 6.04 Å². The predicted octanol–water partition coefficient (Wildman–Crippen LogP) is 1.69. The Morgan fingerprint density at radius 2 is 2.22 bits per heavy atom. The van der Waals surface area contributed by atoms with E-state index in [0.717, 1.165) is 0 Å². The Morgan fingerprint density at radius 3 is 2.78 bits per heavy atom. The molecule has 0 heterocycles. The number of amides is 1. The van der Waals surface area contributed by atoms with Gasteiger partial charge >= 0.3 is 0 Å². The van der Waals surface area contributed by atoms with E-state index in [1.165, 1.54) is 18.2 Å². The predicted molar refractivity (Wildman–Crippen MR) is 64.6 cm³/mol. The maximum atomic E-state index is 11.9. The van der Waals surface area contributed by atoms with Gasteiger partial charge in [-0.05, 0) is 24.6 Å². The van der Waals surface area contributed by atoms with Crippen LogP contribution in [0.5, 0.6) is 5.75 Å². The van der Waals surface area contributed by atoms with Gasteiger partial charge in [-0.15, -0.1) is 0 Å². The highest BCUT2D eigenvalue weighted by Crippen LogP contribution is 2.18. The van der Waals surface area contributed by atoms with E-state index in [0.29, 0.717) is 12.0 Å². The zero-order chi connectivity index (χ0) is 13.5. The summed E-state index contributed by atoms with van der Waals surface area (Å²) in [5, 5.41) is 29.6. The minimum absolute atomic E-state index is 0.0467. The van der Waals surface area contributed by atoms with Crippen molar-refractivity contribution in [3.05, 3.63) is 29.3 Å². The molecule has 0 aliphatic carbocycles. The molecule has 1 aromatic rings. The van der Waals surface area contributed by atoms with Crippen LogP contribution in [0.25, 0.3) is 0 Å². The lowest BCUT2D eigenvalue weighted by Gasteiger charge is -2.14. The van der Waals surface area contributed by atoms with Crippen molar-refractivity contribution in [2.24, 2.45) is 0 Å². The fourth-order valence-electron chi connectivity index (χ4n) is 1.46. The van der Waals surface area contributed by atoms with Gasteiger partial charge in [0.1, 0.15) is 5.75 Å². The van der Waals surface area contributed by atoms with Crippen molar-refractivity contribution >= 4 is 5.91 Å². The summed E-state index contributed by atoms with van der Waals surface area (Å²) in [4.78, 5) is 11.9. The summed E-state index contributed by atoms with van der Waals surface area (Å²) in [5.74, 6) is -0.662. The third-order valence-corrected chi connectivity index (χ3v) is 2.54. The standard InChI is InChI=1S/C13H13N3O2/c1-2-10(5-6-14)16-13(18)11-7-9(8-15)3-4-12(11)17/h3-4,7,10,17H,2,5H2,1H3,(H,16,18)/t10-/m0/s1. The number of aromatic hydroxyl groups is 1. The molecule has 1 atom stereocenters. The Balaban J connectivity index is 2.91. The maximum absolute atomic E-state index is 11.9. The van der Waals surface area contributed by atoms with Gasteiger partial charge < -0.3 is 10.4 Å².